The molecular weight excluding hydrogens is 425 g/mol. The van der Waals surface area contributed by atoms with Crippen LogP contribution in [0.4, 0.5) is 10.5 Å². The number of ether oxygens (including phenoxy) is 1. The van der Waals surface area contributed by atoms with Crippen molar-refractivity contribution in [2.45, 2.75) is 6.42 Å². The van der Waals surface area contributed by atoms with E-state index in [2.05, 4.69) is 5.32 Å². The van der Waals surface area contributed by atoms with Crippen molar-refractivity contribution < 1.29 is 14.3 Å². The number of urea groups is 1. The third kappa shape index (κ3) is 5.90. The Bertz CT molecular complexity index is 932. The summed E-state index contributed by atoms with van der Waals surface area (Å²) in [6.07, 6.45) is 3.91. The number of hydrogen-bond donors (Lipinski definition) is 1. The smallest absolute Gasteiger partial charge is 0.321 e. The van der Waals surface area contributed by atoms with E-state index in [4.69, 9.17) is 27.9 Å². The van der Waals surface area contributed by atoms with Crippen molar-refractivity contribution >= 4 is 46.9 Å². The van der Waals surface area contributed by atoms with Crippen LogP contribution in [-0.2, 0) is 4.79 Å². The van der Waals surface area contributed by atoms with E-state index in [0.29, 0.717) is 54.1 Å². The van der Waals surface area contributed by atoms with Crippen LogP contribution in [0.15, 0.2) is 48.5 Å². The Labute approximate surface area is 186 Å². The second kappa shape index (κ2) is 10.4. The maximum absolute atomic E-state index is 12.6. The van der Waals surface area contributed by atoms with Crippen LogP contribution in [0, 0.1) is 0 Å². The first kappa shape index (κ1) is 22.0. The van der Waals surface area contributed by atoms with Crippen molar-refractivity contribution in [3.8, 4) is 5.75 Å². The summed E-state index contributed by atoms with van der Waals surface area (Å²) in [5.74, 6) is 0.529. The molecule has 1 aliphatic rings. The van der Waals surface area contributed by atoms with E-state index in [1.54, 1.807) is 65.5 Å². The number of halogens is 2. The van der Waals surface area contributed by atoms with E-state index in [9.17, 15) is 9.59 Å². The van der Waals surface area contributed by atoms with Crippen LogP contribution in [-0.4, -0.2) is 55.0 Å². The lowest BCUT2D eigenvalue weighted by atomic mass is 10.2. The molecule has 0 spiro atoms. The molecule has 0 unspecified atom stereocenters. The number of rotatable bonds is 4. The molecule has 0 aliphatic carbocycles. The molecule has 0 aromatic heterocycles. The summed E-state index contributed by atoms with van der Waals surface area (Å²) >= 11 is 11.9. The molecule has 3 amide bonds. The molecular formula is C22H23Cl2N3O3. The van der Waals surface area contributed by atoms with Crippen LogP contribution in [0.1, 0.15) is 12.0 Å². The number of carbonyl (C=O) groups excluding carboxylic acids is 2. The number of carbonyl (C=O) groups is 2. The molecule has 0 saturated carbocycles. The number of hydrogen-bond acceptors (Lipinski definition) is 3. The topological polar surface area (TPSA) is 61.9 Å². The van der Waals surface area contributed by atoms with Gasteiger partial charge >= 0.3 is 6.03 Å². The monoisotopic (exact) mass is 447 g/mol. The highest BCUT2D eigenvalue weighted by Crippen LogP contribution is 2.24. The third-order valence-corrected chi connectivity index (χ3v) is 5.27. The van der Waals surface area contributed by atoms with Crippen molar-refractivity contribution in [2.75, 3.05) is 38.6 Å². The number of benzene rings is 2. The summed E-state index contributed by atoms with van der Waals surface area (Å²) in [6, 6.07) is 12.0. The Morgan fingerprint density at radius 2 is 1.63 bits per heavy atom. The normalized spacial score (nSPS) is 14.5. The third-order valence-electron chi connectivity index (χ3n) is 4.79. The molecule has 1 fully saturated rings. The molecule has 8 heteroatoms. The van der Waals surface area contributed by atoms with E-state index in [1.807, 2.05) is 0 Å². The van der Waals surface area contributed by atoms with Crippen molar-refractivity contribution in [1.29, 1.82) is 0 Å². The van der Waals surface area contributed by atoms with Crippen molar-refractivity contribution in [1.82, 2.24) is 9.80 Å². The fraction of sp³-hybridized carbons (Fsp3) is 0.273. The van der Waals surface area contributed by atoms with Crippen LogP contribution in [0.3, 0.4) is 0 Å². The van der Waals surface area contributed by atoms with Gasteiger partial charge in [-0.15, -0.1) is 0 Å². The molecule has 6 nitrogen and oxygen atoms in total. The second-order valence-electron chi connectivity index (χ2n) is 6.82. The summed E-state index contributed by atoms with van der Waals surface area (Å²) in [7, 11) is 1.57. The van der Waals surface area contributed by atoms with Gasteiger partial charge in [0.1, 0.15) is 5.75 Å². The van der Waals surface area contributed by atoms with Crippen molar-refractivity contribution in [3.05, 3.63) is 64.1 Å². The number of anilines is 1. The summed E-state index contributed by atoms with van der Waals surface area (Å²) in [4.78, 5) is 28.6. The first-order valence-corrected chi connectivity index (χ1v) is 10.3. The molecule has 158 valence electrons. The number of amides is 3. The fourth-order valence-corrected chi connectivity index (χ4v) is 3.49. The van der Waals surface area contributed by atoms with Gasteiger partial charge < -0.3 is 19.9 Å². The van der Waals surface area contributed by atoms with Gasteiger partial charge in [-0.05, 0) is 55.0 Å². The minimum absolute atomic E-state index is 0.114. The zero-order valence-corrected chi connectivity index (χ0v) is 18.1. The summed E-state index contributed by atoms with van der Waals surface area (Å²) < 4.78 is 5.30. The van der Waals surface area contributed by atoms with Gasteiger partial charge in [0.15, 0.2) is 0 Å². The molecule has 30 heavy (non-hydrogen) atoms. The molecule has 2 aromatic rings. The van der Waals surface area contributed by atoms with E-state index in [-0.39, 0.29) is 11.9 Å². The first-order chi connectivity index (χ1) is 14.5. The Balaban J connectivity index is 1.58. The van der Waals surface area contributed by atoms with Crippen LogP contribution in [0.5, 0.6) is 5.75 Å². The highest BCUT2D eigenvalue weighted by atomic mass is 35.5. The maximum Gasteiger partial charge on any atom is 0.321 e. The van der Waals surface area contributed by atoms with Gasteiger partial charge in [-0.25, -0.2) is 4.79 Å². The quantitative estimate of drug-likeness (QED) is 0.685. The lowest BCUT2D eigenvalue weighted by molar-refractivity contribution is -0.125. The summed E-state index contributed by atoms with van der Waals surface area (Å²) in [5.41, 5.74) is 1.41. The molecule has 2 aromatic carbocycles. The summed E-state index contributed by atoms with van der Waals surface area (Å²) in [6.45, 7) is 2.08. The van der Waals surface area contributed by atoms with E-state index in [0.717, 1.165) is 5.56 Å². The average Bonchev–Trinajstić information content (AvgIpc) is 3.00. The van der Waals surface area contributed by atoms with Crippen LogP contribution in [0.25, 0.3) is 6.08 Å². The fourth-order valence-electron chi connectivity index (χ4n) is 3.18. The molecule has 1 saturated heterocycles. The van der Waals surface area contributed by atoms with Crippen molar-refractivity contribution in [2.24, 2.45) is 0 Å². The SMILES string of the molecule is COc1ccc(Cl)cc1/C=C/C(=O)N1CCCN(C(=O)Nc2ccc(Cl)cc2)CC1. The molecule has 0 atom stereocenters. The number of nitrogens with zero attached hydrogens (tertiary/aromatic N) is 2. The van der Waals surface area contributed by atoms with Gasteiger partial charge in [0.05, 0.1) is 7.11 Å². The number of nitrogens with one attached hydrogen (secondary N) is 1. The van der Waals surface area contributed by atoms with Gasteiger partial charge in [0.25, 0.3) is 0 Å². The molecule has 1 heterocycles. The molecule has 0 bridgehead atoms. The van der Waals surface area contributed by atoms with E-state index < -0.39 is 0 Å². The van der Waals surface area contributed by atoms with Gasteiger partial charge in [-0.2, -0.15) is 0 Å². The Kier molecular flexibility index (Phi) is 7.60. The van der Waals surface area contributed by atoms with Gasteiger partial charge in [-0.3, -0.25) is 4.79 Å². The van der Waals surface area contributed by atoms with Crippen LogP contribution in [0.2, 0.25) is 10.0 Å². The number of methoxy groups -OCH3 is 1. The van der Waals surface area contributed by atoms with Gasteiger partial charge in [0.2, 0.25) is 5.91 Å². The van der Waals surface area contributed by atoms with E-state index >= 15 is 0 Å². The first-order valence-electron chi connectivity index (χ1n) is 9.58. The molecule has 1 aliphatic heterocycles. The lowest BCUT2D eigenvalue weighted by Gasteiger charge is -2.22. The van der Waals surface area contributed by atoms with Gasteiger partial charge in [0, 0.05) is 53.6 Å². The predicted molar refractivity (Wildman–Crippen MR) is 120 cm³/mol. The Hall–Kier alpha value is -2.70. The highest BCUT2D eigenvalue weighted by molar-refractivity contribution is 6.31. The maximum atomic E-state index is 12.6. The molecule has 3 rings (SSSR count). The van der Waals surface area contributed by atoms with E-state index in [1.165, 1.54) is 6.08 Å². The molecule has 1 N–H and O–H groups in total. The molecule has 0 radical (unpaired) electrons. The van der Waals surface area contributed by atoms with Crippen LogP contribution >= 0.6 is 23.2 Å². The zero-order valence-electron chi connectivity index (χ0n) is 16.6. The predicted octanol–water partition coefficient (Wildman–Crippen LogP) is 4.78. The lowest BCUT2D eigenvalue weighted by Crippen LogP contribution is -2.39. The van der Waals surface area contributed by atoms with Gasteiger partial charge in [-0.1, -0.05) is 23.2 Å². The Morgan fingerprint density at radius 3 is 2.37 bits per heavy atom. The van der Waals surface area contributed by atoms with Crippen LogP contribution < -0.4 is 10.1 Å². The second-order valence-corrected chi connectivity index (χ2v) is 7.70. The highest BCUT2D eigenvalue weighted by Gasteiger charge is 2.21. The van der Waals surface area contributed by atoms with Crippen molar-refractivity contribution in [3.63, 3.8) is 0 Å². The standard InChI is InChI=1S/C22H23Cl2N3O3/c1-30-20-9-6-18(24)15-16(20)3-10-21(28)26-11-2-12-27(14-13-26)22(29)25-19-7-4-17(23)5-8-19/h3-10,15H,2,11-14H2,1H3,(H,25,29)/b10-3+. The zero-order chi connectivity index (χ0) is 21.5. The minimum Gasteiger partial charge on any atom is -0.496 e. The average molecular weight is 448 g/mol. The summed E-state index contributed by atoms with van der Waals surface area (Å²) in [5, 5.41) is 4.04. The Morgan fingerprint density at radius 1 is 0.967 bits per heavy atom. The minimum atomic E-state index is -0.189. The largest absolute Gasteiger partial charge is 0.496 e.